The lowest BCUT2D eigenvalue weighted by Crippen LogP contribution is -2.38. The van der Waals surface area contributed by atoms with Crippen LogP contribution in [-0.2, 0) is 0 Å². The molecule has 1 saturated heterocycles. The maximum absolute atomic E-state index is 5.24. The van der Waals surface area contributed by atoms with Gasteiger partial charge in [-0.3, -0.25) is 4.99 Å². The molecule has 5 heteroatoms. The summed E-state index contributed by atoms with van der Waals surface area (Å²) in [6, 6.07) is 0. The lowest BCUT2D eigenvalue weighted by atomic mass is 10.4. The summed E-state index contributed by atoms with van der Waals surface area (Å²) in [6.45, 7) is 9.91. The van der Waals surface area contributed by atoms with Crippen LogP contribution in [0.2, 0.25) is 0 Å². The van der Waals surface area contributed by atoms with Crippen LogP contribution in [0.3, 0.4) is 0 Å². The van der Waals surface area contributed by atoms with E-state index in [4.69, 9.17) is 6.42 Å². The summed E-state index contributed by atoms with van der Waals surface area (Å²) in [5.74, 6) is 3.37. The van der Waals surface area contributed by atoms with Crippen LogP contribution < -0.4 is 10.6 Å². The molecule has 1 rings (SSSR count). The third-order valence-corrected chi connectivity index (χ3v) is 3.20. The van der Waals surface area contributed by atoms with E-state index in [0.717, 1.165) is 38.7 Å². The molecule has 1 fully saturated rings. The highest BCUT2D eigenvalue weighted by atomic mass is 15.2. The number of rotatable bonds is 5. The summed E-state index contributed by atoms with van der Waals surface area (Å²) in [5.41, 5.74) is 0. The van der Waals surface area contributed by atoms with E-state index >= 15 is 0 Å². The first-order valence-corrected chi connectivity index (χ1v) is 7.12. The first-order valence-electron chi connectivity index (χ1n) is 7.12. The van der Waals surface area contributed by atoms with E-state index in [0.29, 0.717) is 6.54 Å². The third kappa shape index (κ3) is 7.04. The fourth-order valence-corrected chi connectivity index (χ4v) is 2.10. The summed E-state index contributed by atoms with van der Waals surface area (Å²) in [4.78, 5) is 9.41. The monoisotopic (exact) mass is 265 g/mol. The molecule has 0 unspecified atom stereocenters. The van der Waals surface area contributed by atoms with Gasteiger partial charge in [-0.1, -0.05) is 5.92 Å². The Hall–Kier alpha value is -1.25. The zero-order valence-electron chi connectivity index (χ0n) is 12.3. The van der Waals surface area contributed by atoms with Crippen molar-refractivity contribution >= 4 is 5.96 Å². The Morgan fingerprint density at radius 2 is 2.11 bits per heavy atom. The third-order valence-electron chi connectivity index (χ3n) is 3.20. The Bertz CT molecular complexity index is 307. The number of terminal acetylenes is 1. The van der Waals surface area contributed by atoms with Crippen LogP contribution >= 0.6 is 0 Å². The van der Waals surface area contributed by atoms with Gasteiger partial charge in [0.25, 0.3) is 0 Å². The molecule has 1 heterocycles. The number of nitrogens with zero attached hydrogens (tertiary/aromatic N) is 3. The molecule has 0 bridgehead atoms. The number of guanidine groups is 1. The van der Waals surface area contributed by atoms with Crippen LogP contribution in [0.1, 0.15) is 13.3 Å². The van der Waals surface area contributed by atoms with Gasteiger partial charge in [-0.05, 0) is 33.5 Å². The van der Waals surface area contributed by atoms with Crippen molar-refractivity contribution in [1.29, 1.82) is 0 Å². The topological polar surface area (TPSA) is 42.9 Å². The lowest BCUT2D eigenvalue weighted by Gasteiger charge is -2.19. The quantitative estimate of drug-likeness (QED) is 0.411. The van der Waals surface area contributed by atoms with Gasteiger partial charge < -0.3 is 20.4 Å². The van der Waals surface area contributed by atoms with E-state index in [-0.39, 0.29) is 0 Å². The molecule has 0 aliphatic carbocycles. The lowest BCUT2D eigenvalue weighted by molar-refractivity contribution is 0.283. The van der Waals surface area contributed by atoms with Gasteiger partial charge in [0.1, 0.15) is 0 Å². The van der Waals surface area contributed by atoms with Gasteiger partial charge in [0, 0.05) is 26.2 Å². The van der Waals surface area contributed by atoms with Gasteiger partial charge in [-0.15, -0.1) is 6.42 Å². The number of nitrogens with one attached hydrogen (secondary N) is 2. The minimum absolute atomic E-state index is 0.514. The van der Waals surface area contributed by atoms with E-state index in [1.54, 1.807) is 0 Å². The molecule has 0 atom stereocenters. The van der Waals surface area contributed by atoms with Crippen molar-refractivity contribution in [2.75, 3.05) is 59.4 Å². The molecule has 5 nitrogen and oxygen atoms in total. The summed E-state index contributed by atoms with van der Waals surface area (Å²) >= 11 is 0. The molecule has 0 spiro atoms. The van der Waals surface area contributed by atoms with Crippen LogP contribution in [-0.4, -0.2) is 75.2 Å². The van der Waals surface area contributed by atoms with Crippen molar-refractivity contribution in [2.24, 2.45) is 4.99 Å². The van der Waals surface area contributed by atoms with Crippen LogP contribution in [0.5, 0.6) is 0 Å². The van der Waals surface area contributed by atoms with E-state index in [9.17, 15) is 0 Å². The first-order chi connectivity index (χ1) is 9.26. The fourth-order valence-electron chi connectivity index (χ4n) is 2.10. The maximum Gasteiger partial charge on any atom is 0.192 e. The molecule has 0 radical (unpaired) electrons. The smallest absolute Gasteiger partial charge is 0.192 e. The number of hydrogen-bond acceptors (Lipinski definition) is 3. The number of likely N-dealkylation sites (N-methyl/N-ethyl adjacent to an activating group) is 1. The van der Waals surface area contributed by atoms with E-state index < -0.39 is 0 Å². The van der Waals surface area contributed by atoms with Crippen molar-refractivity contribution in [3.63, 3.8) is 0 Å². The Morgan fingerprint density at radius 3 is 2.84 bits per heavy atom. The zero-order chi connectivity index (χ0) is 13.9. The normalized spacial score (nSPS) is 18.7. The van der Waals surface area contributed by atoms with Gasteiger partial charge >= 0.3 is 0 Å². The second-order valence-electron chi connectivity index (χ2n) is 4.82. The second kappa shape index (κ2) is 9.65. The molecule has 0 aromatic rings. The standard InChI is InChI=1S/C14H27N5/c1-4-7-16-14(15-5-2)17-8-11-19-10-6-9-18(3)12-13-19/h1H,5-13H2,2-3H3,(H2,15,16,17). The minimum Gasteiger partial charge on any atom is -0.357 e. The maximum atomic E-state index is 5.24. The van der Waals surface area contributed by atoms with Crippen LogP contribution in [0, 0.1) is 12.3 Å². The number of hydrogen-bond donors (Lipinski definition) is 2. The van der Waals surface area contributed by atoms with E-state index in [2.05, 4.69) is 45.3 Å². The fraction of sp³-hybridized carbons (Fsp3) is 0.786. The highest BCUT2D eigenvalue weighted by Gasteiger charge is 2.11. The second-order valence-corrected chi connectivity index (χ2v) is 4.82. The molecule has 2 N–H and O–H groups in total. The average molecular weight is 265 g/mol. The molecule has 0 amide bonds. The molecular formula is C14H27N5. The Balaban J connectivity index is 2.30. The molecule has 1 aliphatic heterocycles. The largest absolute Gasteiger partial charge is 0.357 e. The Kier molecular flexibility index (Phi) is 8.03. The molecule has 0 aromatic carbocycles. The van der Waals surface area contributed by atoms with Gasteiger partial charge in [0.15, 0.2) is 5.96 Å². The van der Waals surface area contributed by atoms with Gasteiger partial charge in [-0.25, -0.2) is 0 Å². The summed E-state index contributed by atoms with van der Waals surface area (Å²) in [6.07, 6.45) is 6.49. The van der Waals surface area contributed by atoms with E-state index in [1.165, 1.54) is 19.5 Å². The van der Waals surface area contributed by atoms with Crippen molar-refractivity contribution in [3.05, 3.63) is 0 Å². The van der Waals surface area contributed by atoms with Crippen LogP contribution in [0.15, 0.2) is 4.99 Å². The SMILES string of the molecule is C#CCNC(=NCCN1CCCN(C)CC1)NCC. The molecule has 0 aromatic heterocycles. The predicted molar refractivity (Wildman–Crippen MR) is 81.4 cm³/mol. The van der Waals surface area contributed by atoms with Crippen molar-refractivity contribution < 1.29 is 0 Å². The minimum atomic E-state index is 0.514. The van der Waals surface area contributed by atoms with E-state index in [1.807, 2.05) is 0 Å². The van der Waals surface area contributed by atoms with Crippen molar-refractivity contribution in [3.8, 4) is 12.3 Å². The molecule has 1 aliphatic rings. The average Bonchev–Trinajstić information content (AvgIpc) is 2.61. The summed E-state index contributed by atoms with van der Waals surface area (Å²) < 4.78 is 0. The predicted octanol–water partition coefficient (Wildman–Crippen LogP) is -0.188. The Morgan fingerprint density at radius 1 is 1.26 bits per heavy atom. The molecular weight excluding hydrogens is 238 g/mol. The van der Waals surface area contributed by atoms with Crippen molar-refractivity contribution in [1.82, 2.24) is 20.4 Å². The van der Waals surface area contributed by atoms with Crippen LogP contribution in [0.4, 0.5) is 0 Å². The first kappa shape index (κ1) is 15.8. The highest BCUT2D eigenvalue weighted by molar-refractivity contribution is 5.79. The highest BCUT2D eigenvalue weighted by Crippen LogP contribution is 2.00. The molecule has 0 saturated carbocycles. The van der Waals surface area contributed by atoms with Crippen molar-refractivity contribution in [2.45, 2.75) is 13.3 Å². The molecule has 19 heavy (non-hydrogen) atoms. The summed E-state index contributed by atoms with van der Waals surface area (Å²) in [5, 5.41) is 6.29. The zero-order valence-corrected chi connectivity index (χ0v) is 12.3. The van der Waals surface area contributed by atoms with Gasteiger partial charge in [0.2, 0.25) is 0 Å². The van der Waals surface area contributed by atoms with Gasteiger partial charge in [-0.2, -0.15) is 0 Å². The molecule has 108 valence electrons. The Labute approximate surface area is 117 Å². The van der Waals surface area contributed by atoms with Gasteiger partial charge in [0.05, 0.1) is 13.1 Å². The number of aliphatic imine (C=N–C) groups is 1. The van der Waals surface area contributed by atoms with Crippen LogP contribution in [0.25, 0.3) is 0 Å². The summed E-state index contributed by atoms with van der Waals surface area (Å²) in [7, 11) is 2.19.